The standard InChI is InChI=1S/C45H28N4OS/c1-4-14-29(15-5-1)43-46-44(30-16-6-2-7-17-30)48-45(47-43)31-26-37(42-35-21-10-12-22-38(35)50-39(42)27-31)49(32-18-8-3-9-19-32)33-24-25-41-36(28-33)34-20-11-13-23-40(34)51-41/h1-28H. The van der Waals surface area contributed by atoms with Crippen molar-refractivity contribution >= 4 is 70.5 Å². The Balaban J connectivity index is 1.27. The molecule has 0 aliphatic rings. The minimum Gasteiger partial charge on any atom is -0.456 e. The smallest absolute Gasteiger partial charge is 0.164 e. The zero-order valence-electron chi connectivity index (χ0n) is 27.3. The second kappa shape index (κ2) is 12.1. The zero-order chi connectivity index (χ0) is 33.7. The minimum atomic E-state index is 0.568. The molecule has 0 aliphatic carbocycles. The summed E-state index contributed by atoms with van der Waals surface area (Å²) < 4.78 is 9.16. The highest BCUT2D eigenvalue weighted by molar-refractivity contribution is 7.25. The van der Waals surface area contributed by atoms with Gasteiger partial charge in [0.05, 0.1) is 11.1 Å². The summed E-state index contributed by atoms with van der Waals surface area (Å²) in [6, 6.07) is 58.6. The fraction of sp³-hybridized carbons (Fsp3) is 0. The second-order valence-electron chi connectivity index (χ2n) is 12.5. The fourth-order valence-electron chi connectivity index (χ4n) is 6.93. The van der Waals surface area contributed by atoms with Crippen molar-refractivity contribution in [1.82, 2.24) is 15.0 Å². The van der Waals surface area contributed by atoms with E-state index < -0.39 is 0 Å². The summed E-state index contributed by atoms with van der Waals surface area (Å²) in [5.41, 5.74) is 7.31. The predicted octanol–water partition coefficient (Wildman–Crippen LogP) is 12.6. The maximum Gasteiger partial charge on any atom is 0.164 e. The summed E-state index contributed by atoms with van der Waals surface area (Å²) in [6.07, 6.45) is 0. The van der Waals surface area contributed by atoms with Crippen LogP contribution in [0.2, 0.25) is 0 Å². The summed E-state index contributed by atoms with van der Waals surface area (Å²) in [4.78, 5) is 17.5. The first kappa shape index (κ1) is 29.3. The van der Waals surface area contributed by atoms with E-state index >= 15 is 0 Å². The third kappa shape index (κ3) is 5.12. The molecule has 0 amide bonds. The van der Waals surface area contributed by atoms with Gasteiger partial charge in [0.25, 0.3) is 0 Å². The topological polar surface area (TPSA) is 55.1 Å². The van der Waals surface area contributed by atoms with Gasteiger partial charge in [0, 0.05) is 53.6 Å². The molecular formula is C45H28N4OS. The van der Waals surface area contributed by atoms with E-state index in [1.54, 1.807) is 0 Å². The number of anilines is 3. The fourth-order valence-corrected chi connectivity index (χ4v) is 8.02. The van der Waals surface area contributed by atoms with Gasteiger partial charge in [-0.1, -0.05) is 115 Å². The third-order valence-electron chi connectivity index (χ3n) is 9.29. The number of hydrogen-bond donors (Lipinski definition) is 0. The van der Waals surface area contributed by atoms with Crippen molar-refractivity contribution in [1.29, 1.82) is 0 Å². The quantitative estimate of drug-likeness (QED) is 0.176. The van der Waals surface area contributed by atoms with Gasteiger partial charge in [-0.2, -0.15) is 0 Å². The molecule has 0 saturated heterocycles. The molecule has 6 heteroatoms. The molecule has 240 valence electrons. The average molecular weight is 673 g/mol. The Bertz CT molecular complexity index is 2810. The predicted molar refractivity (Wildman–Crippen MR) is 211 cm³/mol. The molecule has 0 aliphatic heterocycles. The van der Waals surface area contributed by atoms with E-state index in [1.165, 1.54) is 20.2 Å². The van der Waals surface area contributed by atoms with Crippen molar-refractivity contribution in [3.63, 3.8) is 0 Å². The van der Waals surface area contributed by atoms with Gasteiger partial charge in [-0.3, -0.25) is 0 Å². The molecule has 3 aromatic heterocycles. The lowest BCUT2D eigenvalue weighted by Gasteiger charge is -2.27. The number of para-hydroxylation sites is 2. The molecule has 0 saturated carbocycles. The maximum absolute atomic E-state index is 6.63. The lowest BCUT2D eigenvalue weighted by molar-refractivity contribution is 0.669. The molecule has 0 atom stereocenters. The lowest BCUT2D eigenvalue weighted by Crippen LogP contribution is -2.10. The molecule has 0 spiro atoms. The van der Waals surface area contributed by atoms with Gasteiger partial charge in [-0.05, 0) is 54.6 Å². The second-order valence-corrected chi connectivity index (χ2v) is 13.5. The summed E-state index contributed by atoms with van der Waals surface area (Å²) in [7, 11) is 0. The molecule has 0 bridgehead atoms. The highest BCUT2D eigenvalue weighted by Crippen LogP contribution is 2.46. The summed E-state index contributed by atoms with van der Waals surface area (Å²) in [5.74, 6) is 1.79. The number of fused-ring (bicyclic) bond motifs is 6. The van der Waals surface area contributed by atoms with Crippen LogP contribution >= 0.6 is 11.3 Å². The molecule has 0 unspecified atom stereocenters. The summed E-state index contributed by atoms with van der Waals surface area (Å²) in [5, 5.41) is 4.56. The number of furan rings is 1. The van der Waals surface area contributed by atoms with Crippen LogP contribution in [-0.4, -0.2) is 15.0 Å². The Kier molecular flexibility index (Phi) is 6.93. The maximum atomic E-state index is 6.63. The van der Waals surface area contributed by atoms with Crippen LogP contribution in [-0.2, 0) is 0 Å². The van der Waals surface area contributed by atoms with E-state index in [1.807, 2.05) is 84.1 Å². The van der Waals surface area contributed by atoms with Crippen LogP contribution < -0.4 is 4.90 Å². The van der Waals surface area contributed by atoms with Crippen LogP contribution in [0, 0.1) is 0 Å². The molecule has 51 heavy (non-hydrogen) atoms. The van der Waals surface area contributed by atoms with Crippen LogP contribution in [0.3, 0.4) is 0 Å². The van der Waals surface area contributed by atoms with Crippen molar-refractivity contribution < 1.29 is 4.42 Å². The first-order chi connectivity index (χ1) is 25.3. The largest absolute Gasteiger partial charge is 0.456 e. The third-order valence-corrected chi connectivity index (χ3v) is 10.4. The number of aromatic nitrogens is 3. The minimum absolute atomic E-state index is 0.568. The van der Waals surface area contributed by atoms with Crippen molar-refractivity contribution in [2.75, 3.05) is 4.90 Å². The van der Waals surface area contributed by atoms with Gasteiger partial charge < -0.3 is 9.32 Å². The summed E-state index contributed by atoms with van der Waals surface area (Å²) in [6.45, 7) is 0. The first-order valence-corrected chi connectivity index (χ1v) is 17.7. The van der Waals surface area contributed by atoms with Crippen molar-refractivity contribution in [3.8, 4) is 34.2 Å². The number of thiophene rings is 1. The van der Waals surface area contributed by atoms with Gasteiger partial charge in [-0.15, -0.1) is 11.3 Å². The lowest BCUT2D eigenvalue weighted by atomic mass is 10.0. The monoisotopic (exact) mass is 672 g/mol. The van der Waals surface area contributed by atoms with Crippen molar-refractivity contribution in [3.05, 3.63) is 170 Å². The molecule has 3 heterocycles. The Morgan fingerprint density at radius 1 is 0.412 bits per heavy atom. The van der Waals surface area contributed by atoms with Crippen molar-refractivity contribution in [2.24, 2.45) is 0 Å². The number of rotatable bonds is 6. The Hall–Kier alpha value is -6.63. The zero-order valence-corrected chi connectivity index (χ0v) is 28.1. The average Bonchev–Trinajstić information content (AvgIpc) is 3.77. The van der Waals surface area contributed by atoms with Crippen LogP contribution in [0.4, 0.5) is 17.1 Å². The molecular weight excluding hydrogens is 645 g/mol. The molecule has 0 fully saturated rings. The van der Waals surface area contributed by atoms with Gasteiger partial charge >= 0.3 is 0 Å². The van der Waals surface area contributed by atoms with Crippen LogP contribution in [0.5, 0.6) is 0 Å². The molecule has 5 nitrogen and oxygen atoms in total. The van der Waals surface area contributed by atoms with E-state index in [0.717, 1.165) is 55.7 Å². The molecule has 10 rings (SSSR count). The van der Waals surface area contributed by atoms with E-state index in [4.69, 9.17) is 19.4 Å². The molecule has 7 aromatic carbocycles. The van der Waals surface area contributed by atoms with Gasteiger partial charge in [0.2, 0.25) is 0 Å². The highest BCUT2D eigenvalue weighted by Gasteiger charge is 2.23. The van der Waals surface area contributed by atoms with E-state index in [-0.39, 0.29) is 0 Å². The van der Waals surface area contributed by atoms with Gasteiger partial charge in [0.15, 0.2) is 17.5 Å². The Labute approximate surface area is 297 Å². The Morgan fingerprint density at radius 2 is 0.980 bits per heavy atom. The molecule has 0 N–H and O–H groups in total. The first-order valence-electron chi connectivity index (χ1n) is 16.9. The number of nitrogens with zero attached hydrogens (tertiary/aromatic N) is 4. The van der Waals surface area contributed by atoms with Crippen LogP contribution in [0.15, 0.2) is 174 Å². The van der Waals surface area contributed by atoms with Crippen LogP contribution in [0.25, 0.3) is 76.3 Å². The number of hydrogen-bond acceptors (Lipinski definition) is 6. The SMILES string of the molecule is c1ccc(-c2nc(-c3ccccc3)nc(-c3cc(N(c4ccccc4)c4ccc5sc6ccccc6c5c4)c4c(c3)oc3ccccc34)n2)cc1. The van der Waals surface area contributed by atoms with E-state index in [0.29, 0.717) is 17.5 Å². The van der Waals surface area contributed by atoms with Crippen LogP contribution in [0.1, 0.15) is 0 Å². The van der Waals surface area contributed by atoms with E-state index in [9.17, 15) is 0 Å². The van der Waals surface area contributed by atoms with Gasteiger partial charge in [-0.25, -0.2) is 15.0 Å². The highest BCUT2D eigenvalue weighted by atomic mass is 32.1. The normalized spacial score (nSPS) is 11.5. The number of benzene rings is 7. The van der Waals surface area contributed by atoms with Crippen molar-refractivity contribution in [2.45, 2.75) is 0 Å². The molecule has 10 aromatic rings. The molecule has 0 radical (unpaired) electrons. The van der Waals surface area contributed by atoms with E-state index in [2.05, 4.69) is 102 Å². The Morgan fingerprint density at radius 3 is 1.69 bits per heavy atom. The van der Waals surface area contributed by atoms with Gasteiger partial charge in [0.1, 0.15) is 11.2 Å². The summed E-state index contributed by atoms with van der Waals surface area (Å²) >= 11 is 1.82.